The van der Waals surface area contributed by atoms with Gasteiger partial charge in [0.05, 0.1) is 12.4 Å². The molecule has 0 spiro atoms. The van der Waals surface area contributed by atoms with Crippen LogP contribution in [0.4, 0.5) is 14.5 Å². The van der Waals surface area contributed by atoms with E-state index < -0.39 is 40.5 Å². The number of amides is 1. The Morgan fingerprint density at radius 2 is 1.74 bits per heavy atom. The maximum absolute atomic E-state index is 13.9. The van der Waals surface area contributed by atoms with Crippen molar-refractivity contribution < 1.29 is 41.0 Å². The molecule has 1 saturated carbocycles. The highest BCUT2D eigenvalue weighted by atomic mass is 35.5. The van der Waals surface area contributed by atoms with Crippen LogP contribution in [0.25, 0.3) is 0 Å². The summed E-state index contributed by atoms with van der Waals surface area (Å²) in [6, 6.07) is 11.8. The molecule has 1 aliphatic heterocycles. The van der Waals surface area contributed by atoms with Crippen molar-refractivity contribution in [1.29, 1.82) is 0 Å². The number of alkyl halides is 2. The monoisotopic (exact) mass is 753 g/mol. The maximum Gasteiger partial charge on any atom is 0.387 e. The average Bonchev–Trinajstić information content (AvgIpc) is 3.75. The molecule has 1 aliphatic carbocycles. The van der Waals surface area contributed by atoms with E-state index in [0.29, 0.717) is 28.7 Å². The van der Waals surface area contributed by atoms with Crippen molar-refractivity contribution in [3.63, 3.8) is 0 Å². The number of nitroso groups, excluding NO2 is 1. The molecule has 3 aromatic rings. The molecular formula is C34H35Cl2F2N3O8S. The molecule has 1 heterocycles. The number of ether oxygens (including phenoxy) is 3. The zero-order chi connectivity index (χ0) is 36.2. The van der Waals surface area contributed by atoms with Gasteiger partial charge in [-0.1, -0.05) is 41.4 Å². The van der Waals surface area contributed by atoms with Crippen molar-refractivity contribution in [2.45, 2.75) is 56.6 Å². The van der Waals surface area contributed by atoms with E-state index in [1.165, 1.54) is 41.3 Å². The normalized spacial score (nSPS) is 17.0. The molecule has 50 heavy (non-hydrogen) atoms. The fourth-order valence-corrected chi connectivity index (χ4v) is 8.03. The van der Waals surface area contributed by atoms with E-state index in [1.807, 2.05) is 0 Å². The van der Waals surface area contributed by atoms with Gasteiger partial charge in [0.15, 0.2) is 11.5 Å². The average molecular weight is 755 g/mol. The van der Waals surface area contributed by atoms with Crippen molar-refractivity contribution in [2.75, 3.05) is 27.2 Å². The van der Waals surface area contributed by atoms with E-state index in [1.54, 1.807) is 32.3 Å². The Kier molecular flexibility index (Phi) is 12.0. The molecule has 1 saturated heterocycles. The van der Waals surface area contributed by atoms with Crippen LogP contribution >= 0.6 is 23.2 Å². The second-order valence-electron chi connectivity index (χ2n) is 12.4. The number of carbonyl (C=O) groups excluding carboxylic acids is 2. The highest BCUT2D eigenvalue weighted by Gasteiger charge is 2.41. The first-order chi connectivity index (χ1) is 23.7. The third kappa shape index (κ3) is 9.27. The predicted molar refractivity (Wildman–Crippen MR) is 183 cm³/mol. The highest BCUT2D eigenvalue weighted by molar-refractivity contribution is 7.88. The van der Waals surface area contributed by atoms with Crippen LogP contribution in [0.5, 0.6) is 11.5 Å². The number of carbonyl (C=O) groups is 2. The Balaban J connectivity index is 1.44. The second kappa shape index (κ2) is 16.0. The zero-order valence-electron chi connectivity index (χ0n) is 27.2. The van der Waals surface area contributed by atoms with Gasteiger partial charge >= 0.3 is 12.6 Å². The van der Waals surface area contributed by atoms with Crippen molar-refractivity contribution in [3.05, 3.63) is 91.8 Å². The molecule has 0 aromatic heterocycles. The zero-order valence-corrected chi connectivity index (χ0v) is 29.5. The predicted octanol–water partition coefficient (Wildman–Crippen LogP) is 7.30. The molecule has 2 atom stereocenters. The number of nitrogens with zero attached hydrogens (tertiary/aromatic N) is 3. The Morgan fingerprint density at radius 3 is 2.38 bits per heavy atom. The molecular weight excluding hydrogens is 719 g/mol. The SMILES string of the molecule is CN(C)C(=O)c1cccc(CS(=O)(=O)N2CCC[C@H]2C(=O)O[C@@H](Cc2c(Cl)cc(N=O)cc2Cl)c2ccc(OC(F)F)c(OCC3CC3)c2)c1. The molecule has 5 rings (SSSR count). The summed E-state index contributed by atoms with van der Waals surface area (Å²) in [5.41, 5.74) is 1.28. The lowest BCUT2D eigenvalue weighted by Gasteiger charge is -2.26. The number of halogens is 4. The molecule has 268 valence electrons. The molecule has 0 unspecified atom stereocenters. The molecule has 0 N–H and O–H groups in total. The van der Waals surface area contributed by atoms with Gasteiger partial charge < -0.3 is 19.1 Å². The maximum atomic E-state index is 13.9. The van der Waals surface area contributed by atoms with Crippen LogP contribution in [-0.2, 0) is 31.7 Å². The lowest BCUT2D eigenvalue weighted by molar-refractivity contribution is -0.153. The molecule has 0 bridgehead atoms. The van der Waals surface area contributed by atoms with Gasteiger partial charge in [-0.3, -0.25) is 9.59 Å². The standard InChI is InChI=1S/C34H35Cl2F2N3O8S/c1-40(2)32(42)23-6-3-5-21(13-23)19-50(45,46)41-12-4-7-28(41)33(43)48-30(17-25-26(35)15-24(39-44)16-27(25)36)22-10-11-29(49-34(37)38)31(14-22)47-18-20-8-9-20/h3,5-6,10-11,13-16,20,28,30,34H,4,7-9,12,17-19H2,1-2H3/t28-,30-/m0/s1. The third-order valence-electron chi connectivity index (χ3n) is 8.37. The summed E-state index contributed by atoms with van der Waals surface area (Å²) >= 11 is 12.9. The van der Waals surface area contributed by atoms with Crippen LogP contribution in [0.2, 0.25) is 10.0 Å². The van der Waals surface area contributed by atoms with Crippen molar-refractivity contribution in [3.8, 4) is 11.5 Å². The largest absolute Gasteiger partial charge is 0.489 e. The number of hydrogen-bond acceptors (Lipinski definition) is 9. The van der Waals surface area contributed by atoms with Crippen LogP contribution < -0.4 is 9.47 Å². The first-order valence-electron chi connectivity index (χ1n) is 15.8. The summed E-state index contributed by atoms with van der Waals surface area (Å²) in [6.07, 6.45) is 1.16. The van der Waals surface area contributed by atoms with E-state index in [0.717, 1.165) is 17.1 Å². The number of hydrogen-bond donors (Lipinski definition) is 0. The topological polar surface area (TPSA) is 132 Å². The summed E-state index contributed by atoms with van der Waals surface area (Å²) < 4.78 is 71.5. The van der Waals surface area contributed by atoms with Gasteiger partial charge in [0.25, 0.3) is 5.91 Å². The molecule has 0 radical (unpaired) electrons. The van der Waals surface area contributed by atoms with Gasteiger partial charge in [0, 0.05) is 42.7 Å². The minimum atomic E-state index is -4.07. The van der Waals surface area contributed by atoms with E-state index in [-0.39, 0.29) is 65.1 Å². The van der Waals surface area contributed by atoms with Gasteiger partial charge in [0.2, 0.25) is 10.0 Å². The smallest absolute Gasteiger partial charge is 0.387 e. The summed E-state index contributed by atoms with van der Waals surface area (Å²) in [6.45, 7) is -2.78. The molecule has 11 nitrogen and oxygen atoms in total. The Labute approximate surface area is 298 Å². The Hall–Kier alpha value is -3.85. The minimum absolute atomic E-state index is 0.00787. The summed E-state index contributed by atoms with van der Waals surface area (Å²) in [4.78, 5) is 38.9. The van der Waals surface area contributed by atoms with Gasteiger partial charge in [-0.05, 0) is 89.9 Å². The molecule has 16 heteroatoms. The van der Waals surface area contributed by atoms with Crippen LogP contribution in [0.1, 0.15) is 58.8 Å². The molecule has 2 fully saturated rings. The van der Waals surface area contributed by atoms with E-state index in [9.17, 15) is 31.7 Å². The summed E-state index contributed by atoms with van der Waals surface area (Å²) in [5, 5.41) is 2.99. The van der Waals surface area contributed by atoms with Crippen molar-refractivity contribution in [2.24, 2.45) is 11.1 Å². The summed E-state index contributed by atoms with van der Waals surface area (Å²) in [5.74, 6) is -1.51. The molecule has 2 aliphatic rings. The Bertz CT molecular complexity index is 1840. The van der Waals surface area contributed by atoms with Crippen LogP contribution in [0, 0.1) is 10.8 Å². The Morgan fingerprint density at radius 1 is 1.02 bits per heavy atom. The fourth-order valence-electron chi connectivity index (χ4n) is 5.65. The quantitative estimate of drug-likeness (QED) is 0.117. The van der Waals surface area contributed by atoms with Crippen molar-refractivity contribution in [1.82, 2.24) is 9.21 Å². The molecule has 3 aromatic carbocycles. The summed E-state index contributed by atoms with van der Waals surface area (Å²) in [7, 11) is -0.887. The van der Waals surface area contributed by atoms with Gasteiger partial charge in [-0.15, -0.1) is 4.91 Å². The van der Waals surface area contributed by atoms with Crippen LogP contribution in [0.3, 0.4) is 0 Å². The minimum Gasteiger partial charge on any atom is -0.489 e. The lowest BCUT2D eigenvalue weighted by Crippen LogP contribution is -2.42. The fraction of sp³-hybridized carbons (Fsp3) is 0.412. The number of esters is 1. The van der Waals surface area contributed by atoms with Gasteiger partial charge in [0.1, 0.15) is 17.8 Å². The number of sulfonamides is 1. The first kappa shape index (κ1) is 37.4. The number of benzene rings is 3. The van der Waals surface area contributed by atoms with Crippen molar-refractivity contribution >= 4 is 50.8 Å². The van der Waals surface area contributed by atoms with Crippen LogP contribution in [-0.4, -0.2) is 69.4 Å². The highest BCUT2D eigenvalue weighted by Crippen LogP contribution is 2.39. The van der Waals surface area contributed by atoms with Crippen LogP contribution in [0.15, 0.2) is 59.8 Å². The van der Waals surface area contributed by atoms with Gasteiger partial charge in [-0.25, -0.2) is 8.42 Å². The van der Waals surface area contributed by atoms with E-state index in [4.69, 9.17) is 32.7 Å². The van der Waals surface area contributed by atoms with E-state index in [2.05, 4.69) is 9.91 Å². The first-order valence-corrected chi connectivity index (χ1v) is 18.2. The van der Waals surface area contributed by atoms with E-state index >= 15 is 0 Å². The second-order valence-corrected chi connectivity index (χ2v) is 15.1. The molecule has 1 amide bonds. The van der Waals surface area contributed by atoms with Gasteiger partial charge in [-0.2, -0.15) is 13.1 Å². The third-order valence-corrected chi connectivity index (χ3v) is 10.9. The number of rotatable bonds is 15. The lowest BCUT2D eigenvalue weighted by atomic mass is 10.00.